The number of aromatic nitrogens is 2. The standard InChI is InChI=1S/C21H27N3O5S/c1-14-7-8-15(2)17(11-14)30(27,28)21(9-5-6-10-21)20(26)29-13-19(25)22-18-12-16(3)23-24(18)4/h7-8,11-12H,5-6,9-10,13H2,1-4H3,(H,22,25). The van der Waals surface area contributed by atoms with Gasteiger partial charge in [-0.05, 0) is 50.8 Å². The summed E-state index contributed by atoms with van der Waals surface area (Å²) in [5, 5.41) is 6.74. The molecule has 30 heavy (non-hydrogen) atoms. The monoisotopic (exact) mass is 433 g/mol. The van der Waals surface area contributed by atoms with Crippen LogP contribution in [0.4, 0.5) is 5.82 Å². The van der Waals surface area contributed by atoms with Crippen LogP contribution < -0.4 is 5.32 Å². The molecule has 1 amide bonds. The number of amides is 1. The van der Waals surface area contributed by atoms with Crippen LogP contribution in [0.25, 0.3) is 0 Å². The Morgan fingerprint density at radius 3 is 2.43 bits per heavy atom. The number of anilines is 1. The van der Waals surface area contributed by atoms with Crippen LogP contribution in [0, 0.1) is 20.8 Å². The highest BCUT2D eigenvalue weighted by molar-refractivity contribution is 7.93. The first-order chi connectivity index (χ1) is 14.1. The lowest BCUT2D eigenvalue weighted by molar-refractivity contribution is -0.150. The number of carbonyl (C=O) groups is 2. The van der Waals surface area contributed by atoms with Crippen LogP contribution in [0.5, 0.6) is 0 Å². The van der Waals surface area contributed by atoms with E-state index in [1.54, 1.807) is 39.1 Å². The highest BCUT2D eigenvalue weighted by Crippen LogP contribution is 2.42. The van der Waals surface area contributed by atoms with E-state index in [1.165, 1.54) is 4.68 Å². The lowest BCUT2D eigenvalue weighted by Crippen LogP contribution is -2.46. The summed E-state index contributed by atoms with van der Waals surface area (Å²) in [4.78, 5) is 25.4. The molecule has 0 aliphatic heterocycles. The van der Waals surface area contributed by atoms with Crippen LogP contribution in [-0.2, 0) is 31.2 Å². The topological polar surface area (TPSA) is 107 Å². The summed E-state index contributed by atoms with van der Waals surface area (Å²) < 4.78 is 32.2. The number of aryl methyl sites for hydroxylation is 4. The zero-order valence-electron chi connectivity index (χ0n) is 17.7. The molecule has 1 saturated carbocycles. The Morgan fingerprint density at radius 2 is 1.83 bits per heavy atom. The van der Waals surface area contributed by atoms with Gasteiger partial charge in [0, 0.05) is 13.1 Å². The number of rotatable bonds is 6. The predicted molar refractivity (Wildman–Crippen MR) is 112 cm³/mol. The Kier molecular flexibility index (Phi) is 6.03. The maximum absolute atomic E-state index is 13.5. The number of benzene rings is 1. The summed E-state index contributed by atoms with van der Waals surface area (Å²) in [6.07, 6.45) is 1.59. The van der Waals surface area contributed by atoms with Crippen LogP contribution >= 0.6 is 0 Å². The summed E-state index contributed by atoms with van der Waals surface area (Å²) in [5.74, 6) is -0.951. The number of nitrogens with zero attached hydrogens (tertiary/aromatic N) is 2. The van der Waals surface area contributed by atoms with Crippen molar-refractivity contribution in [3.05, 3.63) is 41.1 Å². The van der Waals surface area contributed by atoms with Crippen LogP contribution in [0.15, 0.2) is 29.2 Å². The number of sulfone groups is 1. The van der Waals surface area contributed by atoms with Crippen molar-refractivity contribution in [1.29, 1.82) is 0 Å². The third kappa shape index (κ3) is 3.98. The average Bonchev–Trinajstić information content (AvgIpc) is 3.29. The van der Waals surface area contributed by atoms with Gasteiger partial charge in [-0.2, -0.15) is 5.10 Å². The lowest BCUT2D eigenvalue weighted by atomic mass is 10.1. The second-order valence-electron chi connectivity index (χ2n) is 7.89. The Hall–Kier alpha value is -2.68. The molecule has 0 saturated heterocycles. The zero-order chi connectivity index (χ0) is 22.1. The third-order valence-corrected chi connectivity index (χ3v) is 8.16. The molecule has 1 aliphatic carbocycles. The molecule has 2 aromatic rings. The van der Waals surface area contributed by atoms with Crippen molar-refractivity contribution in [2.45, 2.75) is 56.1 Å². The summed E-state index contributed by atoms with van der Waals surface area (Å²) >= 11 is 0. The summed E-state index contributed by atoms with van der Waals surface area (Å²) in [5.41, 5.74) is 2.12. The highest BCUT2D eigenvalue weighted by Gasteiger charge is 2.54. The van der Waals surface area contributed by atoms with E-state index in [9.17, 15) is 18.0 Å². The van der Waals surface area contributed by atoms with Gasteiger partial charge in [-0.25, -0.2) is 8.42 Å². The minimum Gasteiger partial charge on any atom is -0.454 e. The van der Waals surface area contributed by atoms with E-state index in [0.29, 0.717) is 24.2 Å². The van der Waals surface area contributed by atoms with Crippen molar-refractivity contribution >= 4 is 27.5 Å². The van der Waals surface area contributed by atoms with E-state index in [0.717, 1.165) is 11.3 Å². The Balaban J connectivity index is 1.80. The minimum atomic E-state index is -3.98. The molecule has 0 radical (unpaired) electrons. The van der Waals surface area contributed by atoms with Gasteiger partial charge in [0.1, 0.15) is 5.82 Å². The van der Waals surface area contributed by atoms with Crippen LogP contribution in [0.2, 0.25) is 0 Å². The minimum absolute atomic E-state index is 0.149. The van der Waals surface area contributed by atoms with Crippen LogP contribution in [0.1, 0.15) is 42.5 Å². The molecule has 1 aromatic carbocycles. The fourth-order valence-corrected chi connectivity index (χ4v) is 6.26. The molecule has 0 unspecified atom stereocenters. The van der Waals surface area contributed by atoms with Gasteiger partial charge < -0.3 is 10.1 Å². The molecule has 162 valence electrons. The predicted octanol–water partition coefficient (Wildman–Crippen LogP) is 2.61. The van der Waals surface area contributed by atoms with E-state index in [2.05, 4.69) is 10.4 Å². The van der Waals surface area contributed by atoms with E-state index in [4.69, 9.17) is 4.74 Å². The van der Waals surface area contributed by atoms with Crippen LogP contribution in [-0.4, -0.2) is 41.4 Å². The van der Waals surface area contributed by atoms with Gasteiger partial charge in [0.25, 0.3) is 5.91 Å². The van der Waals surface area contributed by atoms with Gasteiger partial charge >= 0.3 is 5.97 Å². The summed E-state index contributed by atoms with van der Waals surface area (Å²) in [6, 6.07) is 6.84. The van der Waals surface area contributed by atoms with Gasteiger partial charge in [0.15, 0.2) is 21.2 Å². The third-order valence-electron chi connectivity index (χ3n) is 5.53. The van der Waals surface area contributed by atoms with E-state index in [-0.39, 0.29) is 17.7 Å². The number of hydrogen-bond donors (Lipinski definition) is 1. The normalized spacial score (nSPS) is 15.7. The van der Waals surface area contributed by atoms with Gasteiger partial charge in [0.05, 0.1) is 10.6 Å². The Bertz CT molecular complexity index is 1080. The summed E-state index contributed by atoms with van der Waals surface area (Å²) in [7, 11) is -2.30. The molecule has 9 heteroatoms. The maximum atomic E-state index is 13.5. The molecule has 1 aliphatic rings. The molecule has 0 bridgehead atoms. The van der Waals surface area contributed by atoms with Crippen molar-refractivity contribution < 1.29 is 22.7 Å². The van der Waals surface area contributed by atoms with Crippen molar-refractivity contribution in [3.63, 3.8) is 0 Å². The van der Waals surface area contributed by atoms with Gasteiger partial charge in [-0.3, -0.25) is 14.3 Å². The molecule has 0 spiro atoms. The molecule has 8 nitrogen and oxygen atoms in total. The molecule has 3 rings (SSSR count). The highest BCUT2D eigenvalue weighted by atomic mass is 32.2. The van der Waals surface area contributed by atoms with E-state index < -0.39 is 33.1 Å². The molecular formula is C21H27N3O5S. The molecule has 1 heterocycles. The Labute approximate surface area is 176 Å². The number of carbonyl (C=O) groups excluding carboxylic acids is 2. The van der Waals surface area contributed by atoms with Crippen LogP contribution in [0.3, 0.4) is 0 Å². The Morgan fingerprint density at radius 1 is 1.17 bits per heavy atom. The SMILES string of the molecule is Cc1ccc(C)c(S(=O)(=O)C2(C(=O)OCC(=O)Nc3cc(C)nn3C)CCCC2)c1. The van der Waals surface area contributed by atoms with Gasteiger partial charge in [0.2, 0.25) is 0 Å². The van der Waals surface area contributed by atoms with Gasteiger partial charge in [-0.1, -0.05) is 25.0 Å². The van der Waals surface area contributed by atoms with Crippen molar-refractivity contribution in [2.24, 2.45) is 7.05 Å². The van der Waals surface area contributed by atoms with Crippen molar-refractivity contribution in [2.75, 3.05) is 11.9 Å². The van der Waals surface area contributed by atoms with Crippen molar-refractivity contribution in [3.8, 4) is 0 Å². The number of hydrogen-bond acceptors (Lipinski definition) is 6. The first-order valence-corrected chi connectivity index (χ1v) is 11.3. The lowest BCUT2D eigenvalue weighted by Gasteiger charge is -2.27. The first kappa shape index (κ1) is 22.0. The molecule has 1 fully saturated rings. The molecule has 1 N–H and O–H groups in total. The molecule has 0 atom stereocenters. The number of ether oxygens (including phenoxy) is 1. The molecule has 1 aromatic heterocycles. The quantitative estimate of drug-likeness (QED) is 0.702. The van der Waals surface area contributed by atoms with E-state index >= 15 is 0 Å². The zero-order valence-corrected chi connectivity index (χ0v) is 18.5. The first-order valence-electron chi connectivity index (χ1n) is 9.86. The summed E-state index contributed by atoms with van der Waals surface area (Å²) in [6.45, 7) is 4.75. The molecular weight excluding hydrogens is 406 g/mol. The second-order valence-corrected chi connectivity index (χ2v) is 10.1. The van der Waals surface area contributed by atoms with E-state index in [1.807, 2.05) is 13.0 Å². The van der Waals surface area contributed by atoms with Crippen molar-refractivity contribution in [1.82, 2.24) is 9.78 Å². The fourth-order valence-electron chi connectivity index (χ4n) is 3.91. The largest absolute Gasteiger partial charge is 0.454 e. The second kappa shape index (κ2) is 8.22. The van der Waals surface area contributed by atoms with Gasteiger partial charge in [-0.15, -0.1) is 0 Å². The average molecular weight is 434 g/mol. The number of esters is 1. The fraction of sp³-hybridized carbons (Fsp3) is 0.476. The number of nitrogens with one attached hydrogen (secondary N) is 1. The maximum Gasteiger partial charge on any atom is 0.328 e. The smallest absolute Gasteiger partial charge is 0.328 e.